The van der Waals surface area contributed by atoms with Gasteiger partial charge in [-0.1, -0.05) is 0 Å². The third-order valence-corrected chi connectivity index (χ3v) is 4.36. The number of nitrogens with zero attached hydrogens (tertiary/aromatic N) is 3. The van der Waals surface area contributed by atoms with Crippen molar-refractivity contribution in [3.63, 3.8) is 0 Å². The fourth-order valence-corrected chi connectivity index (χ4v) is 2.95. The molecule has 0 saturated carbocycles. The van der Waals surface area contributed by atoms with Crippen LogP contribution in [0.25, 0.3) is 5.69 Å². The highest BCUT2D eigenvalue weighted by Crippen LogP contribution is 2.18. The largest absolute Gasteiger partial charge is 0.494 e. The fraction of sp³-hybridized carbons (Fsp3) is 0.353. The van der Waals surface area contributed by atoms with E-state index in [1.54, 1.807) is 0 Å². The van der Waals surface area contributed by atoms with Crippen LogP contribution in [0.2, 0.25) is 0 Å². The number of hydrogen-bond donors (Lipinski definition) is 2. The molecular weight excluding hydrogens is 359 g/mol. The summed E-state index contributed by atoms with van der Waals surface area (Å²) >= 11 is 5.11. The standard InChI is InChI=1S/C17H19FN4O3S/c18-12-1-3-13(4-2-12)22-16(24)14(15(23)20-17(22)26)11-19-5-6-21-7-9-25-10-8-21/h1-4,11,24H,5-10H2,(H,20,23,26). The molecule has 0 spiro atoms. The lowest BCUT2D eigenvalue weighted by molar-refractivity contribution is 0.0395. The minimum absolute atomic E-state index is 0.00454. The highest BCUT2D eigenvalue weighted by atomic mass is 32.1. The number of aliphatic imine (C=N–C) groups is 1. The average molecular weight is 378 g/mol. The molecule has 2 aromatic rings. The number of aromatic amines is 1. The van der Waals surface area contributed by atoms with Crippen molar-refractivity contribution >= 4 is 18.4 Å². The summed E-state index contributed by atoms with van der Waals surface area (Å²) in [5, 5.41) is 10.5. The van der Waals surface area contributed by atoms with Crippen LogP contribution in [0, 0.1) is 10.6 Å². The lowest BCUT2D eigenvalue weighted by atomic mass is 10.3. The molecule has 3 rings (SSSR count). The van der Waals surface area contributed by atoms with E-state index in [9.17, 15) is 14.3 Å². The summed E-state index contributed by atoms with van der Waals surface area (Å²) in [4.78, 5) is 21.1. The Morgan fingerprint density at radius 2 is 2.00 bits per heavy atom. The van der Waals surface area contributed by atoms with Gasteiger partial charge in [0.1, 0.15) is 11.4 Å². The maximum Gasteiger partial charge on any atom is 0.264 e. The Morgan fingerprint density at radius 3 is 2.69 bits per heavy atom. The second kappa shape index (κ2) is 8.35. The van der Waals surface area contributed by atoms with Crippen LogP contribution in [-0.2, 0) is 4.74 Å². The summed E-state index contributed by atoms with van der Waals surface area (Å²) in [6.07, 6.45) is 1.34. The maximum absolute atomic E-state index is 13.1. The molecule has 7 nitrogen and oxygen atoms in total. The minimum atomic E-state index is -0.527. The van der Waals surface area contributed by atoms with E-state index < -0.39 is 11.4 Å². The van der Waals surface area contributed by atoms with Crippen molar-refractivity contribution < 1.29 is 14.2 Å². The number of aromatic nitrogens is 2. The number of halogens is 1. The number of hydrogen-bond acceptors (Lipinski definition) is 6. The molecule has 0 bridgehead atoms. The molecule has 0 aliphatic carbocycles. The molecule has 0 unspecified atom stereocenters. The van der Waals surface area contributed by atoms with Crippen LogP contribution < -0.4 is 5.56 Å². The number of H-pyrrole nitrogens is 1. The van der Waals surface area contributed by atoms with Crippen molar-refractivity contribution in [3.05, 3.63) is 50.8 Å². The van der Waals surface area contributed by atoms with Crippen LogP contribution in [0.5, 0.6) is 5.88 Å². The SMILES string of the molecule is O=c1[nH]c(=S)n(-c2ccc(F)cc2)c(O)c1C=NCCN1CCOCC1. The van der Waals surface area contributed by atoms with Gasteiger partial charge in [0.05, 0.1) is 25.4 Å². The van der Waals surface area contributed by atoms with Gasteiger partial charge in [0, 0.05) is 25.8 Å². The predicted octanol–water partition coefficient (Wildman–Crippen LogP) is 1.49. The molecule has 26 heavy (non-hydrogen) atoms. The van der Waals surface area contributed by atoms with Crippen LogP contribution in [0.3, 0.4) is 0 Å². The fourth-order valence-electron chi connectivity index (χ4n) is 2.66. The minimum Gasteiger partial charge on any atom is -0.494 e. The molecule has 2 heterocycles. The third-order valence-electron chi connectivity index (χ3n) is 4.08. The molecule has 1 fully saturated rings. The first-order chi connectivity index (χ1) is 12.6. The molecule has 1 aromatic carbocycles. The van der Waals surface area contributed by atoms with Crippen molar-refractivity contribution in [1.29, 1.82) is 0 Å². The molecule has 1 aliphatic heterocycles. The van der Waals surface area contributed by atoms with Crippen molar-refractivity contribution in [1.82, 2.24) is 14.5 Å². The lowest BCUT2D eigenvalue weighted by Crippen LogP contribution is -2.37. The topological polar surface area (TPSA) is 82.8 Å². The smallest absolute Gasteiger partial charge is 0.264 e. The maximum atomic E-state index is 13.1. The van der Waals surface area contributed by atoms with Gasteiger partial charge < -0.3 is 9.84 Å². The van der Waals surface area contributed by atoms with Crippen LogP contribution in [0.15, 0.2) is 34.1 Å². The first-order valence-corrected chi connectivity index (χ1v) is 8.61. The van der Waals surface area contributed by atoms with Gasteiger partial charge in [0.15, 0.2) is 4.77 Å². The van der Waals surface area contributed by atoms with Crippen molar-refractivity contribution in [2.75, 3.05) is 39.4 Å². The second-order valence-electron chi connectivity index (χ2n) is 5.80. The van der Waals surface area contributed by atoms with E-state index in [-0.39, 0.29) is 16.2 Å². The summed E-state index contributed by atoms with van der Waals surface area (Å²) in [5.74, 6) is -0.741. The molecular formula is C17H19FN4O3S. The summed E-state index contributed by atoms with van der Waals surface area (Å²) in [6.45, 7) is 4.37. The molecule has 138 valence electrons. The third kappa shape index (κ3) is 4.24. The monoisotopic (exact) mass is 378 g/mol. The lowest BCUT2D eigenvalue weighted by Gasteiger charge is -2.25. The summed E-state index contributed by atoms with van der Waals surface area (Å²) in [6, 6.07) is 5.42. The number of benzene rings is 1. The summed E-state index contributed by atoms with van der Waals surface area (Å²) in [5.41, 5.74) is -0.0843. The van der Waals surface area contributed by atoms with E-state index in [1.807, 2.05) is 0 Å². The number of nitrogens with one attached hydrogen (secondary N) is 1. The van der Waals surface area contributed by atoms with Gasteiger partial charge in [-0.25, -0.2) is 4.39 Å². The molecule has 0 atom stereocenters. The Morgan fingerprint density at radius 1 is 1.31 bits per heavy atom. The van der Waals surface area contributed by atoms with Gasteiger partial charge >= 0.3 is 0 Å². The highest BCUT2D eigenvalue weighted by molar-refractivity contribution is 7.71. The number of rotatable bonds is 5. The Hall–Kier alpha value is -2.36. The van der Waals surface area contributed by atoms with Crippen molar-refractivity contribution in [3.8, 4) is 11.6 Å². The van der Waals surface area contributed by atoms with Crippen LogP contribution in [-0.4, -0.2) is 65.2 Å². The van der Waals surface area contributed by atoms with Gasteiger partial charge in [-0.05, 0) is 36.5 Å². The Balaban J connectivity index is 1.81. The van der Waals surface area contributed by atoms with Gasteiger partial charge in [-0.15, -0.1) is 0 Å². The molecule has 0 radical (unpaired) electrons. The summed E-state index contributed by atoms with van der Waals surface area (Å²) < 4.78 is 19.7. The van der Waals surface area contributed by atoms with E-state index in [4.69, 9.17) is 17.0 Å². The van der Waals surface area contributed by atoms with Crippen LogP contribution >= 0.6 is 12.2 Å². The number of aromatic hydroxyl groups is 1. The Labute approximate surface area is 154 Å². The van der Waals surface area contributed by atoms with Crippen molar-refractivity contribution in [2.24, 2.45) is 4.99 Å². The summed E-state index contributed by atoms with van der Waals surface area (Å²) in [7, 11) is 0. The average Bonchev–Trinajstić information content (AvgIpc) is 2.63. The molecule has 1 aliphatic rings. The zero-order valence-electron chi connectivity index (χ0n) is 14.0. The Bertz CT molecular complexity index is 902. The molecule has 1 saturated heterocycles. The van der Waals surface area contributed by atoms with Crippen LogP contribution in [0.1, 0.15) is 5.56 Å². The predicted molar refractivity (Wildman–Crippen MR) is 98.6 cm³/mol. The normalized spacial score (nSPS) is 15.6. The first-order valence-electron chi connectivity index (χ1n) is 8.20. The molecule has 1 aromatic heterocycles. The second-order valence-corrected chi connectivity index (χ2v) is 6.18. The van der Waals surface area contributed by atoms with Gasteiger partial charge in [0.25, 0.3) is 5.56 Å². The van der Waals surface area contributed by atoms with E-state index in [0.717, 1.165) is 19.6 Å². The number of ether oxygens (including phenoxy) is 1. The van der Waals surface area contributed by atoms with E-state index >= 15 is 0 Å². The molecule has 0 amide bonds. The van der Waals surface area contributed by atoms with E-state index in [0.29, 0.717) is 25.4 Å². The Kier molecular flexibility index (Phi) is 5.92. The number of morpholine rings is 1. The zero-order valence-corrected chi connectivity index (χ0v) is 14.8. The van der Waals surface area contributed by atoms with Gasteiger partial charge in [-0.2, -0.15) is 0 Å². The van der Waals surface area contributed by atoms with Crippen molar-refractivity contribution in [2.45, 2.75) is 0 Å². The molecule has 2 N–H and O–H groups in total. The zero-order chi connectivity index (χ0) is 18.5. The van der Waals surface area contributed by atoms with Gasteiger partial charge in [0.2, 0.25) is 5.88 Å². The van der Waals surface area contributed by atoms with Crippen LogP contribution in [0.4, 0.5) is 4.39 Å². The molecule has 9 heteroatoms. The van der Waals surface area contributed by atoms with Gasteiger partial charge in [-0.3, -0.25) is 24.2 Å². The quantitative estimate of drug-likeness (QED) is 0.609. The van der Waals surface area contributed by atoms with E-state index in [2.05, 4.69) is 14.9 Å². The van der Waals surface area contributed by atoms with E-state index in [1.165, 1.54) is 35.0 Å². The highest BCUT2D eigenvalue weighted by Gasteiger charge is 2.13. The first kappa shape index (κ1) is 18.4.